The zero-order valence-electron chi connectivity index (χ0n) is 20.3. The first-order chi connectivity index (χ1) is 15.2. The Kier molecular flexibility index (Phi) is 20.8. The number of nitrogens with zero attached hydrogens (tertiary/aromatic N) is 1. The van der Waals surface area contributed by atoms with Crippen LogP contribution in [0.15, 0.2) is 0 Å². The molecular formula is C21H41N5O5S. The van der Waals surface area contributed by atoms with Crippen LogP contribution in [-0.4, -0.2) is 92.1 Å². The summed E-state index contributed by atoms with van der Waals surface area (Å²) in [4.78, 5) is 59.3. The second-order valence-corrected chi connectivity index (χ2v) is 8.19. The molecule has 0 unspecified atom stereocenters. The molecule has 0 radical (unpaired) electrons. The highest BCUT2D eigenvalue weighted by Crippen LogP contribution is 2.17. The molecule has 4 N–H and O–H groups in total. The summed E-state index contributed by atoms with van der Waals surface area (Å²) < 4.78 is 0. The third-order valence-electron chi connectivity index (χ3n) is 3.90. The van der Waals surface area contributed by atoms with E-state index in [0.717, 1.165) is 6.42 Å². The van der Waals surface area contributed by atoms with Crippen molar-refractivity contribution in [3.05, 3.63) is 0 Å². The van der Waals surface area contributed by atoms with Gasteiger partial charge in [0.25, 0.3) is 0 Å². The van der Waals surface area contributed by atoms with Gasteiger partial charge >= 0.3 is 0 Å². The molecule has 32 heavy (non-hydrogen) atoms. The number of hydrogen-bond donors (Lipinski definition) is 4. The number of nitrogens with one attached hydrogen (secondary N) is 4. The lowest BCUT2D eigenvalue weighted by atomic mass is 10.2. The fourth-order valence-corrected chi connectivity index (χ4v) is 2.40. The standard InChI is InChI=1S/C15H25N5O5.C3H8S.C3H8/c1-10(21)6-17-12(22)7-18-13(23)8-19-15(25)11-4-3-5-20(11)14(24)9-16-2;1-3-4-2;1-3-2/h11,16H,3-9H2,1-2H3,(H,17,22)(H,18,23)(H,19,25);3H2,1-2H3;3H2,1-2H3/t11-;;/m0../s1. The molecule has 186 valence electrons. The Hall–Kier alpha value is -2.14. The van der Waals surface area contributed by atoms with Gasteiger partial charge in [-0.1, -0.05) is 27.2 Å². The number of rotatable bonds is 10. The van der Waals surface area contributed by atoms with Gasteiger partial charge in [-0.15, -0.1) is 0 Å². The summed E-state index contributed by atoms with van der Waals surface area (Å²) in [6, 6.07) is -0.576. The molecule has 1 heterocycles. The van der Waals surface area contributed by atoms with E-state index in [-0.39, 0.29) is 37.9 Å². The first kappa shape index (κ1) is 32.0. The Bertz CT molecular complexity index is 587. The van der Waals surface area contributed by atoms with Crippen LogP contribution >= 0.6 is 11.8 Å². The van der Waals surface area contributed by atoms with E-state index < -0.39 is 23.8 Å². The zero-order valence-corrected chi connectivity index (χ0v) is 21.2. The van der Waals surface area contributed by atoms with Crippen molar-refractivity contribution in [3.63, 3.8) is 0 Å². The SMILES string of the molecule is CCC.CCSC.CNCC(=O)N1CCC[C@H]1C(=O)NCC(=O)NCC(=O)NCC(C)=O. The quantitative estimate of drug-likeness (QED) is 0.347. The van der Waals surface area contributed by atoms with Crippen molar-refractivity contribution in [2.45, 2.75) is 53.0 Å². The van der Waals surface area contributed by atoms with Crippen molar-refractivity contribution >= 4 is 41.2 Å². The van der Waals surface area contributed by atoms with Gasteiger partial charge in [0, 0.05) is 6.54 Å². The van der Waals surface area contributed by atoms with Crippen molar-refractivity contribution in [1.82, 2.24) is 26.2 Å². The molecule has 0 spiro atoms. The van der Waals surface area contributed by atoms with Gasteiger partial charge in [0.05, 0.1) is 26.2 Å². The highest BCUT2D eigenvalue weighted by atomic mass is 32.2. The number of likely N-dealkylation sites (N-methyl/N-ethyl adjacent to an activating group) is 1. The normalized spacial score (nSPS) is 14.2. The monoisotopic (exact) mass is 475 g/mol. The lowest BCUT2D eigenvalue weighted by molar-refractivity contribution is -0.138. The van der Waals surface area contributed by atoms with Crippen LogP contribution in [0.4, 0.5) is 0 Å². The number of carbonyl (C=O) groups is 5. The van der Waals surface area contributed by atoms with E-state index >= 15 is 0 Å². The van der Waals surface area contributed by atoms with Crippen molar-refractivity contribution in [1.29, 1.82) is 0 Å². The molecule has 0 saturated carbocycles. The lowest BCUT2D eigenvalue weighted by Crippen LogP contribution is -2.50. The molecule has 1 atom stereocenters. The minimum atomic E-state index is -0.576. The van der Waals surface area contributed by atoms with E-state index in [9.17, 15) is 24.0 Å². The summed E-state index contributed by atoms with van der Waals surface area (Å²) >= 11 is 1.86. The molecule has 1 fully saturated rings. The third-order valence-corrected chi connectivity index (χ3v) is 4.47. The maximum atomic E-state index is 12.2. The number of carbonyl (C=O) groups excluding carboxylic acids is 5. The highest BCUT2D eigenvalue weighted by Gasteiger charge is 2.33. The van der Waals surface area contributed by atoms with Gasteiger partial charge in [-0.2, -0.15) is 11.8 Å². The van der Waals surface area contributed by atoms with Crippen LogP contribution in [0.3, 0.4) is 0 Å². The molecule has 1 saturated heterocycles. The van der Waals surface area contributed by atoms with E-state index in [1.165, 1.54) is 24.0 Å². The van der Waals surface area contributed by atoms with Crippen molar-refractivity contribution in [3.8, 4) is 0 Å². The first-order valence-corrected chi connectivity index (χ1v) is 12.3. The zero-order chi connectivity index (χ0) is 24.9. The largest absolute Gasteiger partial charge is 0.348 e. The van der Waals surface area contributed by atoms with E-state index in [1.54, 1.807) is 7.05 Å². The average Bonchev–Trinajstić information content (AvgIpc) is 3.25. The smallest absolute Gasteiger partial charge is 0.243 e. The lowest BCUT2D eigenvalue weighted by Gasteiger charge is -2.23. The molecule has 1 rings (SSSR count). The molecular weight excluding hydrogens is 434 g/mol. The van der Waals surface area contributed by atoms with Gasteiger partial charge in [0.1, 0.15) is 11.8 Å². The van der Waals surface area contributed by atoms with Crippen molar-refractivity contribution < 1.29 is 24.0 Å². The maximum Gasteiger partial charge on any atom is 0.243 e. The summed E-state index contributed by atoms with van der Waals surface area (Å²) in [7, 11) is 1.65. The summed E-state index contributed by atoms with van der Waals surface area (Å²) in [5.41, 5.74) is 0. The van der Waals surface area contributed by atoms with E-state index in [2.05, 4.69) is 48.3 Å². The van der Waals surface area contributed by atoms with Gasteiger partial charge in [-0.05, 0) is 38.8 Å². The summed E-state index contributed by atoms with van der Waals surface area (Å²) in [6.07, 6.45) is 4.63. The topological polar surface area (TPSA) is 137 Å². The van der Waals surface area contributed by atoms with Crippen molar-refractivity contribution in [2.75, 3.05) is 51.8 Å². The summed E-state index contributed by atoms with van der Waals surface area (Å²) in [5, 5.41) is 9.90. The second-order valence-electron chi connectivity index (χ2n) is 7.03. The van der Waals surface area contributed by atoms with Gasteiger partial charge in [-0.3, -0.25) is 24.0 Å². The number of likely N-dealkylation sites (tertiary alicyclic amines) is 1. The second kappa shape index (κ2) is 20.7. The predicted molar refractivity (Wildman–Crippen MR) is 128 cm³/mol. The Morgan fingerprint density at radius 2 is 1.41 bits per heavy atom. The molecule has 11 heteroatoms. The number of thioether (sulfide) groups is 1. The Balaban J connectivity index is 0. The average molecular weight is 476 g/mol. The molecule has 0 bridgehead atoms. The molecule has 10 nitrogen and oxygen atoms in total. The molecule has 0 aromatic carbocycles. The Morgan fingerprint density at radius 1 is 0.906 bits per heavy atom. The molecule has 1 aliphatic rings. The number of hydrogen-bond acceptors (Lipinski definition) is 7. The summed E-state index contributed by atoms with van der Waals surface area (Å²) in [5.74, 6) is -0.530. The molecule has 0 aromatic rings. The third kappa shape index (κ3) is 16.5. The fourth-order valence-electron chi connectivity index (χ4n) is 2.40. The van der Waals surface area contributed by atoms with Crippen LogP contribution in [0.2, 0.25) is 0 Å². The summed E-state index contributed by atoms with van der Waals surface area (Å²) in [6.45, 7) is 7.73. The van der Waals surface area contributed by atoms with Crippen LogP contribution in [-0.2, 0) is 24.0 Å². The number of Topliss-reactive ketones (excluding diaryl/α,β-unsaturated/α-hetero) is 1. The van der Waals surface area contributed by atoms with Gasteiger partial charge in [0.2, 0.25) is 23.6 Å². The molecule has 4 amide bonds. The Labute approximate surface area is 196 Å². The van der Waals surface area contributed by atoms with E-state index in [1.807, 2.05) is 11.8 Å². The van der Waals surface area contributed by atoms with Crippen molar-refractivity contribution in [2.24, 2.45) is 0 Å². The van der Waals surface area contributed by atoms with E-state index in [0.29, 0.717) is 13.0 Å². The van der Waals surface area contributed by atoms with Crippen LogP contribution < -0.4 is 21.3 Å². The van der Waals surface area contributed by atoms with E-state index in [4.69, 9.17) is 0 Å². The van der Waals surface area contributed by atoms with Crippen LogP contribution in [0.5, 0.6) is 0 Å². The Morgan fingerprint density at radius 3 is 1.88 bits per heavy atom. The minimum Gasteiger partial charge on any atom is -0.348 e. The van der Waals surface area contributed by atoms with Crippen LogP contribution in [0.1, 0.15) is 47.0 Å². The fraction of sp³-hybridized carbons (Fsp3) is 0.762. The molecule has 0 aliphatic carbocycles. The predicted octanol–water partition coefficient (Wildman–Crippen LogP) is -0.0800. The van der Waals surface area contributed by atoms with Crippen LogP contribution in [0, 0.1) is 0 Å². The van der Waals surface area contributed by atoms with Gasteiger partial charge < -0.3 is 26.2 Å². The maximum absolute atomic E-state index is 12.2. The van der Waals surface area contributed by atoms with Crippen LogP contribution in [0.25, 0.3) is 0 Å². The first-order valence-electron chi connectivity index (χ1n) is 10.9. The number of amides is 4. The van der Waals surface area contributed by atoms with Gasteiger partial charge in [0.15, 0.2) is 0 Å². The molecule has 1 aliphatic heterocycles. The van der Waals surface area contributed by atoms with Gasteiger partial charge in [-0.25, -0.2) is 0 Å². The minimum absolute atomic E-state index is 0.0937. The molecule has 0 aromatic heterocycles. The number of ketones is 1. The highest BCUT2D eigenvalue weighted by molar-refractivity contribution is 7.98.